The molecule has 0 fully saturated rings. The van der Waals surface area contributed by atoms with E-state index in [0.29, 0.717) is 19.6 Å². The van der Waals surface area contributed by atoms with Gasteiger partial charge in [-0.15, -0.1) is 0 Å². The Labute approximate surface area is 150 Å². The second kappa shape index (κ2) is 10.5. The summed E-state index contributed by atoms with van der Waals surface area (Å²) < 4.78 is 5.57. The maximum Gasteiger partial charge on any atom is 0.223 e. The van der Waals surface area contributed by atoms with E-state index in [0.717, 1.165) is 25.4 Å². The van der Waals surface area contributed by atoms with Gasteiger partial charge in [-0.2, -0.15) is 0 Å². The van der Waals surface area contributed by atoms with E-state index < -0.39 is 0 Å². The highest BCUT2D eigenvalue weighted by Crippen LogP contribution is 2.12. The van der Waals surface area contributed by atoms with Crippen molar-refractivity contribution in [3.05, 3.63) is 65.7 Å². The van der Waals surface area contributed by atoms with Gasteiger partial charge in [0.15, 0.2) is 0 Å². The number of hydrogen-bond acceptors (Lipinski definition) is 3. The Morgan fingerprint density at radius 3 is 2.28 bits per heavy atom. The summed E-state index contributed by atoms with van der Waals surface area (Å²) in [5.74, 6) is 0.799. The fraction of sp³-hybridized carbons (Fsp3) is 0.381. The summed E-state index contributed by atoms with van der Waals surface area (Å²) in [6, 6.07) is 17.9. The summed E-state index contributed by atoms with van der Waals surface area (Å²) in [6.07, 6.45) is 0.354. The van der Waals surface area contributed by atoms with Gasteiger partial charge in [0.2, 0.25) is 5.91 Å². The van der Waals surface area contributed by atoms with Crippen molar-refractivity contribution in [3.63, 3.8) is 0 Å². The molecule has 0 radical (unpaired) electrons. The molecule has 0 atom stereocenters. The largest absolute Gasteiger partial charge is 0.493 e. The van der Waals surface area contributed by atoms with Crippen LogP contribution in [0.5, 0.6) is 5.75 Å². The van der Waals surface area contributed by atoms with Crippen LogP contribution in [0.15, 0.2) is 54.6 Å². The SMILES string of the molecule is CCN(CC)Cc1ccccc1CNC(=O)CCOc1ccccc1. The monoisotopic (exact) mass is 340 g/mol. The summed E-state index contributed by atoms with van der Waals surface area (Å²) in [7, 11) is 0. The van der Waals surface area contributed by atoms with Gasteiger partial charge >= 0.3 is 0 Å². The molecule has 0 saturated carbocycles. The zero-order valence-electron chi connectivity index (χ0n) is 15.2. The predicted octanol–water partition coefficient (Wildman–Crippen LogP) is 3.61. The molecule has 1 amide bonds. The number of para-hydroxylation sites is 1. The van der Waals surface area contributed by atoms with Crippen LogP contribution in [0.25, 0.3) is 0 Å². The van der Waals surface area contributed by atoms with Gasteiger partial charge < -0.3 is 10.1 Å². The van der Waals surface area contributed by atoms with Crippen LogP contribution in [-0.4, -0.2) is 30.5 Å². The lowest BCUT2D eigenvalue weighted by Gasteiger charge is -2.20. The molecule has 4 heteroatoms. The van der Waals surface area contributed by atoms with Crippen molar-refractivity contribution in [1.82, 2.24) is 10.2 Å². The fourth-order valence-corrected chi connectivity index (χ4v) is 2.63. The van der Waals surface area contributed by atoms with Gasteiger partial charge in [0.25, 0.3) is 0 Å². The number of nitrogens with zero attached hydrogens (tertiary/aromatic N) is 1. The number of carbonyl (C=O) groups excluding carboxylic acids is 1. The first-order valence-corrected chi connectivity index (χ1v) is 8.96. The van der Waals surface area contributed by atoms with Crippen molar-refractivity contribution in [1.29, 1.82) is 0 Å². The van der Waals surface area contributed by atoms with Crippen LogP contribution in [0.1, 0.15) is 31.4 Å². The van der Waals surface area contributed by atoms with E-state index in [1.54, 1.807) is 0 Å². The van der Waals surface area contributed by atoms with Crippen LogP contribution in [0, 0.1) is 0 Å². The number of hydrogen-bond donors (Lipinski definition) is 1. The van der Waals surface area contributed by atoms with Gasteiger partial charge in [-0.05, 0) is 36.3 Å². The first-order chi connectivity index (χ1) is 12.2. The van der Waals surface area contributed by atoms with Crippen LogP contribution >= 0.6 is 0 Å². The highest BCUT2D eigenvalue weighted by atomic mass is 16.5. The topological polar surface area (TPSA) is 41.6 Å². The van der Waals surface area contributed by atoms with E-state index in [1.807, 2.05) is 36.4 Å². The van der Waals surface area contributed by atoms with E-state index in [-0.39, 0.29) is 5.91 Å². The molecule has 2 aromatic rings. The molecule has 0 aliphatic rings. The van der Waals surface area contributed by atoms with Gasteiger partial charge in [-0.1, -0.05) is 56.3 Å². The number of ether oxygens (including phenoxy) is 1. The van der Waals surface area contributed by atoms with E-state index in [2.05, 4.69) is 42.3 Å². The molecule has 0 saturated heterocycles. The molecule has 0 aliphatic carbocycles. The molecule has 2 aromatic carbocycles. The third-order valence-electron chi connectivity index (χ3n) is 4.22. The first-order valence-electron chi connectivity index (χ1n) is 8.96. The molecule has 0 aromatic heterocycles. The van der Waals surface area contributed by atoms with Crippen molar-refractivity contribution in [3.8, 4) is 5.75 Å². The van der Waals surface area contributed by atoms with Gasteiger partial charge in [-0.25, -0.2) is 0 Å². The van der Waals surface area contributed by atoms with E-state index >= 15 is 0 Å². The number of carbonyl (C=O) groups is 1. The molecular formula is C21H28N2O2. The van der Waals surface area contributed by atoms with Gasteiger partial charge in [0, 0.05) is 13.1 Å². The lowest BCUT2D eigenvalue weighted by atomic mass is 10.1. The van der Waals surface area contributed by atoms with Crippen LogP contribution in [0.2, 0.25) is 0 Å². The Morgan fingerprint density at radius 1 is 0.960 bits per heavy atom. The van der Waals surface area contributed by atoms with E-state index in [1.165, 1.54) is 11.1 Å². The Morgan fingerprint density at radius 2 is 1.60 bits per heavy atom. The second-order valence-electron chi connectivity index (χ2n) is 5.92. The summed E-state index contributed by atoms with van der Waals surface area (Å²) in [5, 5.41) is 3.00. The summed E-state index contributed by atoms with van der Waals surface area (Å²) in [5.41, 5.74) is 2.44. The van der Waals surface area contributed by atoms with Crippen LogP contribution < -0.4 is 10.1 Å². The Hall–Kier alpha value is -2.33. The van der Waals surface area contributed by atoms with E-state index in [9.17, 15) is 4.79 Å². The lowest BCUT2D eigenvalue weighted by molar-refractivity contribution is -0.121. The maximum atomic E-state index is 12.1. The minimum atomic E-state index is 0.00794. The van der Waals surface area contributed by atoms with Crippen molar-refractivity contribution >= 4 is 5.91 Å². The third kappa shape index (κ3) is 6.59. The summed E-state index contributed by atoms with van der Waals surface area (Å²) in [6.45, 7) is 8.23. The molecule has 2 rings (SSSR count). The van der Waals surface area contributed by atoms with E-state index in [4.69, 9.17) is 4.74 Å². The molecule has 4 nitrogen and oxygen atoms in total. The molecule has 0 aliphatic heterocycles. The quantitative estimate of drug-likeness (QED) is 0.718. The molecular weight excluding hydrogens is 312 g/mol. The van der Waals surface area contributed by atoms with Gasteiger partial charge in [0.05, 0.1) is 13.0 Å². The number of nitrogens with one attached hydrogen (secondary N) is 1. The Bertz CT molecular complexity index is 639. The van der Waals surface area contributed by atoms with Crippen molar-refractivity contribution in [2.45, 2.75) is 33.4 Å². The van der Waals surface area contributed by atoms with Gasteiger partial charge in [0.1, 0.15) is 5.75 Å². The van der Waals surface area contributed by atoms with Crippen molar-refractivity contribution in [2.75, 3.05) is 19.7 Å². The summed E-state index contributed by atoms with van der Waals surface area (Å²) in [4.78, 5) is 14.4. The minimum absolute atomic E-state index is 0.00794. The molecule has 0 unspecified atom stereocenters. The fourth-order valence-electron chi connectivity index (χ4n) is 2.63. The number of benzene rings is 2. The molecule has 1 N–H and O–H groups in total. The minimum Gasteiger partial charge on any atom is -0.493 e. The highest BCUT2D eigenvalue weighted by molar-refractivity contribution is 5.76. The van der Waals surface area contributed by atoms with Crippen LogP contribution in [-0.2, 0) is 17.9 Å². The lowest BCUT2D eigenvalue weighted by Crippen LogP contribution is -2.26. The number of amides is 1. The summed E-state index contributed by atoms with van der Waals surface area (Å²) >= 11 is 0. The van der Waals surface area contributed by atoms with Crippen LogP contribution in [0.3, 0.4) is 0 Å². The van der Waals surface area contributed by atoms with Crippen LogP contribution in [0.4, 0.5) is 0 Å². The molecule has 0 heterocycles. The Balaban J connectivity index is 1.79. The molecule has 25 heavy (non-hydrogen) atoms. The first kappa shape index (κ1) is 19.0. The smallest absolute Gasteiger partial charge is 0.223 e. The predicted molar refractivity (Wildman–Crippen MR) is 101 cm³/mol. The van der Waals surface area contributed by atoms with Crippen molar-refractivity contribution in [2.24, 2.45) is 0 Å². The molecule has 134 valence electrons. The highest BCUT2D eigenvalue weighted by Gasteiger charge is 2.08. The maximum absolute atomic E-state index is 12.1. The standard InChI is InChI=1S/C21H28N2O2/c1-3-23(4-2)17-19-11-9-8-10-18(19)16-22-21(24)14-15-25-20-12-6-5-7-13-20/h5-13H,3-4,14-17H2,1-2H3,(H,22,24). The third-order valence-corrected chi connectivity index (χ3v) is 4.22. The zero-order valence-corrected chi connectivity index (χ0v) is 15.2. The second-order valence-corrected chi connectivity index (χ2v) is 5.92. The molecule has 0 spiro atoms. The average Bonchev–Trinajstić information content (AvgIpc) is 2.66. The molecule has 0 bridgehead atoms. The number of rotatable bonds is 10. The average molecular weight is 340 g/mol. The zero-order chi connectivity index (χ0) is 17.9. The normalized spacial score (nSPS) is 10.7. The van der Waals surface area contributed by atoms with Gasteiger partial charge in [-0.3, -0.25) is 9.69 Å². The van der Waals surface area contributed by atoms with Crippen molar-refractivity contribution < 1.29 is 9.53 Å². The Kier molecular flexibility index (Phi) is 7.99.